The van der Waals surface area contributed by atoms with Gasteiger partial charge in [0.05, 0.1) is 0 Å². The zero-order chi connectivity index (χ0) is 16.0. The van der Waals surface area contributed by atoms with E-state index in [1.165, 1.54) is 0 Å². The maximum absolute atomic E-state index is 12.2. The Morgan fingerprint density at radius 3 is 2.91 bits per heavy atom. The number of hydrogen-bond acceptors (Lipinski definition) is 3. The maximum atomic E-state index is 12.2. The average Bonchev–Trinajstić information content (AvgIpc) is 2.46. The second-order valence-corrected chi connectivity index (χ2v) is 6.44. The van der Waals surface area contributed by atoms with Gasteiger partial charge in [-0.25, -0.2) is 0 Å². The third kappa shape index (κ3) is 6.27. The Hall–Kier alpha value is -1.21. The SMILES string of the molecule is O=C(CC1CSCCN1)Nc1cccc(CCC(F)(F)F)c1. The highest BCUT2D eigenvalue weighted by atomic mass is 32.2. The van der Waals surface area contributed by atoms with Crippen LogP contribution in [0.1, 0.15) is 18.4 Å². The van der Waals surface area contributed by atoms with Crippen LogP contribution in [0.4, 0.5) is 18.9 Å². The Balaban J connectivity index is 1.85. The first kappa shape index (κ1) is 17.1. The number of rotatable bonds is 5. The molecule has 3 nitrogen and oxygen atoms in total. The van der Waals surface area contributed by atoms with Gasteiger partial charge in [-0.3, -0.25) is 4.79 Å². The number of benzene rings is 1. The van der Waals surface area contributed by atoms with E-state index in [4.69, 9.17) is 0 Å². The molecule has 0 saturated carbocycles. The van der Waals surface area contributed by atoms with E-state index in [1.807, 2.05) is 11.8 Å². The van der Waals surface area contributed by atoms with Gasteiger partial charge < -0.3 is 10.6 Å². The molecule has 0 bridgehead atoms. The van der Waals surface area contributed by atoms with Crippen molar-refractivity contribution >= 4 is 23.4 Å². The lowest BCUT2D eigenvalue weighted by Crippen LogP contribution is -2.39. The van der Waals surface area contributed by atoms with Gasteiger partial charge in [-0.15, -0.1) is 0 Å². The molecule has 1 aromatic carbocycles. The molecule has 1 amide bonds. The fraction of sp³-hybridized carbons (Fsp3) is 0.533. The predicted octanol–water partition coefficient (Wildman–Crippen LogP) is 3.22. The normalized spacial score (nSPS) is 19.0. The van der Waals surface area contributed by atoms with Crippen molar-refractivity contribution in [2.75, 3.05) is 23.4 Å². The van der Waals surface area contributed by atoms with Crippen molar-refractivity contribution in [1.82, 2.24) is 5.32 Å². The molecule has 0 aliphatic carbocycles. The van der Waals surface area contributed by atoms with Crippen molar-refractivity contribution in [3.05, 3.63) is 29.8 Å². The van der Waals surface area contributed by atoms with E-state index in [1.54, 1.807) is 24.3 Å². The summed E-state index contributed by atoms with van der Waals surface area (Å²) < 4.78 is 36.7. The van der Waals surface area contributed by atoms with Crippen LogP contribution in [0.15, 0.2) is 24.3 Å². The molecule has 1 saturated heterocycles. The van der Waals surface area contributed by atoms with Gasteiger partial charge >= 0.3 is 6.18 Å². The fourth-order valence-corrected chi connectivity index (χ4v) is 3.23. The van der Waals surface area contributed by atoms with E-state index in [9.17, 15) is 18.0 Å². The molecular formula is C15H19F3N2OS. The van der Waals surface area contributed by atoms with Crippen LogP contribution in [-0.2, 0) is 11.2 Å². The molecule has 1 aliphatic heterocycles. The van der Waals surface area contributed by atoms with Crippen LogP contribution in [0.25, 0.3) is 0 Å². The second kappa shape index (κ2) is 7.87. The van der Waals surface area contributed by atoms with Gasteiger partial charge in [0, 0.05) is 42.6 Å². The van der Waals surface area contributed by atoms with Crippen LogP contribution in [-0.4, -0.2) is 36.2 Å². The van der Waals surface area contributed by atoms with Gasteiger partial charge in [-0.2, -0.15) is 24.9 Å². The minimum absolute atomic E-state index is 0.0754. The summed E-state index contributed by atoms with van der Waals surface area (Å²) >= 11 is 1.81. The maximum Gasteiger partial charge on any atom is 0.389 e. The smallest absolute Gasteiger partial charge is 0.326 e. The minimum atomic E-state index is -4.16. The van der Waals surface area contributed by atoms with Crippen molar-refractivity contribution in [2.45, 2.75) is 31.5 Å². The molecular weight excluding hydrogens is 313 g/mol. The Morgan fingerprint density at radius 2 is 2.23 bits per heavy atom. The summed E-state index contributed by atoms with van der Waals surface area (Å²) in [7, 11) is 0. The Morgan fingerprint density at radius 1 is 1.41 bits per heavy atom. The summed E-state index contributed by atoms with van der Waals surface area (Å²) in [5.41, 5.74) is 1.12. The van der Waals surface area contributed by atoms with Crippen LogP contribution in [0, 0.1) is 0 Å². The first-order valence-corrected chi connectivity index (χ1v) is 8.34. The van der Waals surface area contributed by atoms with E-state index in [2.05, 4.69) is 10.6 Å². The molecule has 1 fully saturated rings. The summed E-state index contributed by atoms with van der Waals surface area (Å²) in [6, 6.07) is 6.76. The van der Waals surface area contributed by atoms with Gasteiger partial charge in [0.1, 0.15) is 0 Å². The molecule has 2 rings (SSSR count). The van der Waals surface area contributed by atoms with Crippen LogP contribution in [0.5, 0.6) is 0 Å². The van der Waals surface area contributed by atoms with Gasteiger partial charge in [0.2, 0.25) is 5.91 Å². The molecule has 1 unspecified atom stereocenters. The number of alkyl halides is 3. The molecule has 7 heteroatoms. The summed E-state index contributed by atoms with van der Waals surface area (Å²) in [6.45, 7) is 0.898. The van der Waals surface area contributed by atoms with E-state index in [0.717, 1.165) is 18.1 Å². The number of nitrogens with one attached hydrogen (secondary N) is 2. The van der Waals surface area contributed by atoms with Gasteiger partial charge in [0.15, 0.2) is 0 Å². The first-order valence-electron chi connectivity index (χ1n) is 7.19. The van der Waals surface area contributed by atoms with Crippen LogP contribution in [0.2, 0.25) is 0 Å². The molecule has 0 radical (unpaired) electrons. The largest absolute Gasteiger partial charge is 0.389 e. The predicted molar refractivity (Wildman–Crippen MR) is 83.2 cm³/mol. The molecule has 1 heterocycles. The standard InChI is InChI=1S/C15H19F3N2OS/c16-15(17,18)5-4-11-2-1-3-12(8-11)20-14(21)9-13-10-22-7-6-19-13/h1-3,8,13,19H,4-7,9-10H2,(H,20,21). The highest BCUT2D eigenvalue weighted by Crippen LogP contribution is 2.23. The van der Waals surface area contributed by atoms with E-state index in [0.29, 0.717) is 17.7 Å². The molecule has 22 heavy (non-hydrogen) atoms. The van der Waals surface area contributed by atoms with E-state index >= 15 is 0 Å². The molecule has 0 spiro atoms. The number of aryl methyl sites for hydroxylation is 1. The number of amides is 1. The van der Waals surface area contributed by atoms with Gasteiger partial charge in [0.25, 0.3) is 0 Å². The summed E-state index contributed by atoms with van der Waals surface area (Å²) in [5.74, 6) is 1.84. The highest BCUT2D eigenvalue weighted by Gasteiger charge is 2.26. The summed E-state index contributed by atoms with van der Waals surface area (Å²) in [4.78, 5) is 12.0. The number of anilines is 1. The van der Waals surface area contributed by atoms with Crippen molar-refractivity contribution < 1.29 is 18.0 Å². The number of hydrogen-bond donors (Lipinski definition) is 2. The monoisotopic (exact) mass is 332 g/mol. The Bertz CT molecular complexity index is 502. The third-order valence-corrected chi connectivity index (χ3v) is 4.47. The fourth-order valence-electron chi connectivity index (χ4n) is 2.28. The molecule has 2 N–H and O–H groups in total. The van der Waals surface area contributed by atoms with Crippen molar-refractivity contribution in [1.29, 1.82) is 0 Å². The average molecular weight is 332 g/mol. The number of thioether (sulfide) groups is 1. The topological polar surface area (TPSA) is 41.1 Å². The summed E-state index contributed by atoms with van der Waals surface area (Å²) in [6.07, 6.45) is -4.72. The molecule has 1 aromatic rings. The van der Waals surface area contributed by atoms with Crippen molar-refractivity contribution in [3.63, 3.8) is 0 Å². The lowest BCUT2D eigenvalue weighted by Gasteiger charge is -2.22. The Labute approximate surface area is 132 Å². The third-order valence-electron chi connectivity index (χ3n) is 3.34. The lowest BCUT2D eigenvalue weighted by atomic mass is 10.1. The highest BCUT2D eigenvalue weighted by molar-refractivity contribution is 7.99. The molecule has 0 aromatic heterocycles. The lowest BCUT2D eigenvalue weighted by molar-refractivity contribution is -0.134. The minimum Gasteiger partial charge on any atom is -0.326 e. The Kier molecular flexibility index (Phi) is 6.14. The zero-order valence-electron chi connectivity index (χ0n) is 12.1. The van der Waals surface area contributed by atoms with Crippen molar-refractivity contribution in [2.24, 2.45) is 0 Å². The van der Waals surface area contributed by atoms with Gasteiger partial charge in [-0.1, -0.05) is 12.1 Å². The van der Waals surface area contributed by atoms with Gasteiger partial charge in [-0.05, 0) is 24.1 Å². The number of halogens is 3. The van der Waals surface area contributed by atoms with Crippen molar-refractivity contribution in [3.8, 4) is 0 Å². The first-order chi connectivity index (χ1) is 10.4. The molecule has 122 valence electrons. The number of carbonyl (C=O) groups excluding carboxylic acids is 1. The summed E-state index contributed by atoms with van der Waals surface area (Å²) in [5, 5.41) is 6.03. The zero-order valence-corrected chi connectivity index (χ0v) is 12.9. The number of carbonyl (C=O) groups is 1. The van der Waals surface area contributed by atoms with Crippen LogP contribution < -0.4 is 10.6 Å². The second-order valence-electron chi connectivity index (χ2n) is 5.29. The quantitative estimate of drug-likeness (QED) is 0.870. The molecule has 1 atom stereocenters. The van der Waals surface area contributed by atoms with E-state index < -0.39 is 12.6 Å². The van der Waals surface area contributed by atoms with Crippen LogP contribution >= 0.6 is 11.8 Å². The van der Waals surface area contributed by atoms with Crippen LogP contribution in [0.3, 0.4) is 0 Å². The van der Waals surface area contributed by atoms with E-state index in [-0.39, 0.29) is 18.4 Å². The molecule has 1 aliphatic rings.